The van der Waals surface area contributed by atoms with Gasteiger partial charge in [-0.05, 0) is 41.6 Å². The first-order valence-electron chi connectivity index (χ1n) is 6.41. The molecule has 2 N–H and O–H groups in total. The van der Waals surface area contributed by atoms with Crippen LogP contribution in [0.5, 0.6) is 0 Å². The Balaban J connectivity index is 1.85. The maximum Gasteiger partial charge on any atom is 0.191 e. The number of aliphatic imine (C=N–C) groups is 1. The Hall–Kier alpha value is -1.52. The third-order valence-electron chi connectivity index (χ3n) is 2.96. The molecule has 0 aliphatic rings. The van der Waals surface area contributed by atoms with E-state index in [4.69, 9.17) is 11.6 Å². The predicted molar refractivity (Wildman–Crippen MR) is 87.5 cm³/mol. The summed E-state index contributed by atoms with van der Waals surface area (Å²) in [5.74, 6) is 0.790. The number of aryl methyl sites for hydroxylation is 1. The van der Waals surface area contributed by atoms with Crippen molar-refractivity contribution in [3.63, 3.8) is 0 Å². The molecule has 20 heavy (non-hydrogen) atoms. The van der Waals surface area contributed by atoms with Crippen molar-refractivity contribution in [2.45, 2.75) is 20.0 Å². The summed E-state index contributed by atoms with van der Waals surface area (Å²) < 4.78 is 0. The maximum atomic E-state index is 5.97. The van der Waals surface area contributed by atoms with E-state index >= 15 is 0 Å². The van der Waals surface area contributed by atoms with Gasteiger partial charge in [-0.2, -0.15) is 0 Å². The van der Waals surface area contributed by atoms with Crippen LogP contribution in [0, 0.1) is 6.92 Å². The Labute approximate surface area is 128 Å². The number of nitrogens with zero attached hydrogens (tertiary/aromatic N) is 1. The summed E-state index contributed by atoms with van der Waals surface area (Å²) in [5, 5.41) is 9.45. The van der Waals surface area contributed by atoms with Crippen LogP contribution in [-0.2, 0) is 13.1 Å². The van der Waals surface area contributed by atoms with E-state index in [1.807, 2.05) is 24.3 Å². The Morgan fingerprint density at radius 3 is 2.70 bits per heavy atom. The van der Waals surface area contributed by atoms with Gasteiger partial charge in [-0.3, -0.25) is 4.99 Å². The first-order chi connectivity index (χ1) is 9.69. The summed E-state index contributed by atoms with van der Waals surface area (Å²) in [4.78, 5) is 5.55. The van der Waals surface area contributed by atoms with Gasteiger partial charge in [0.15, 0.2) is 5.96 Å². The molecule has 1 heterocycles. The third kappa shape index (κ3) is 4.25. The molecule has 0 unspecified atom stereocenters. The molecule has 1 aromatic carbocycles. The van der Waals surface area contributed by atoms with Crippen LogP contribution in [0.4, 0.5) is 0 Å². The second-order valence-corrected chi connectivity index (χ2v) is 5.87. The van der Waals surface area contributed by atoms with E-state index in [2.05, 4.69) is 34.0 Å². The predicted octanol–water partition coefficient (Wildman–Crippen LogP) is 3.58. The molecule has 0 saturated carbocycles. The lowest BCUT2D eigenvalue weighted by Crippen LogP contribution is -2.36. The number of hydrogen-bond donors (Lipinski definition) is 2. The van der Waals surface area contributed by atoms with Crippen molar-refractivity contribution in [3.05, 3.63) is 56.7 Å². The fraction of sp³-hybridized carbons (Fsp3) is 0.267. The van der Waals surface area contributed by atoms with Crippen molar-refractivity contribution in [1.82, 2.24) is 10.6 Å². The number of guanidine groups is 1. The van der Waals surface area contributed by atoms with E-state index in [0.29, 0.717) is 6.54 Å². The Kier molecular flexibility index (Phi) is 5.44. The van der Waals surface area contributed by atoms with Crippen molar-refractivity contribution in [2.75, 3.05) is 7.05 Å². The number of hydrogen-bond acceptors (Lipinski definition) is 2. The molecule has 0 radical (unpaired) electrons. The molecule has 0 aliphatic heterocycles. The van der Waals surface area contributed by atoms with Crippen molar-refractivity contribution < 1.29 is 0 Å². The number of nitrogens with one attached hydrogen (secondary N) is 2. The summed E-state index contributed by atoms with van der Waals surface area (Å²) in [7, 11) is 1.77. The molecular weight excluding hydrogens is 290 g/mol. The minimum absolute atomic E-state index is 0.698. The van der Waals surface area contributed by atoms with E-state index in [1.165, 1.54) is 10.4 Å². The van der Waals surface area contributed by atoms with Crippen LogP contribution >= 0.6 is 22.9 Å². The van der Waals surface area contributed by atoms with Crippen molar-refractivity contribution >= 4 is 28.9 Å². The number of thiophene rings is 1. The highest BCUT2D eigenvalue weighted by atomic mass is 35.5. The largest absolute Gasteiger partial charge is 0.352 e. The lowest BCUT2D eigenvalue weighted by molar-refractivity contribution is 0.813. The van der Waals surface area contributed by atoms with Crippen LogP contribution in [0.2, 0.25) is 5.02 Å². The topological polar surface area (TPSA) is 36.4 Å². The van der Waals surface area contributed by atoms with Gasteiger partial charge in [-0.25, -0.2) is 0 Å². The molecule has 1 aromatic heterocycles. The van der Waals surface area contributed by atoms with Crippen LogP contribution in [-0.4, -0.2) is 13.0 Å². The van der Waals surface area contributed by atoms with E-state index < -0.39 is 0 Å². The normalized spacial score (nSPS) is 11.4. The molecule has 0 fully saturated rings. The lowest BCUT2D eigenvalue weighted by Gasteiger charge is -2.12. The van der Waals surface area contributed by atoms with Gasteiger partial charge in [-0.15, -0.1) is 11.3 Å². The zero-order valence-corrected chi connectivity index (χ0v) is 13.2. The Morgan fingerprint density at radius 1 is 1.25 bits per heavy atom. The quantitative estimate of drug-likeness (QED) is 0.669. The SMILES string of the molecule is CN=C(NCc1cccc(Cl)c1)NCc1sccc1C. The molecule has 0 saturated heterocycles. The summed E-state index contributed by atoms with van der Waals surface area (Å²) >= 11 is 7.72. The van der Waals surface area contributed by atoms with Crippen LogP contribution in [0.15, 0.2) is 40.7 Å². The molecule has 3 nitrogen and oxygen atoms in total. The molecule has 106 valence electrons. The molecule has 0 atom stereocenters. The number of rotatable bonds is 4. The van der Waals surface area contributed by atoms with Crippen LogP contribution in [0.25, 0.3) is 0 Å². The minimum Gasteiger partial charge on any atom is -0.352 e. The molecule has 0 bridgehead atoms. The summed E-state index contributed by atoms with van der Waals surface area (Å²) in [6.07, 6.45) is 0. The Morgan fingerprint density at radius 2 is 2.05 bits per heavy atom. The van der Waals surface area contributed by atoms with Crippen LogP contribution in [0.3, 0.4) is 0 Å². The molecule has 0 amide bonds. The smallest absolute Gasteiger partial charge is 0.191 e. The van der Waals surface area contributed by atoms with Gasteiger partial charge in [0.25, 0.3) is 0 Å². The highest BCUT2D eigenvalue weighted by Crippen LogP contribution is 2.14. The third-order valence-corrected chi connectivity index (χ3v) is 4.22. The van der Waals surface area contributed by atoms with E-state index in [9.17, 15) is 0 Å². The molecule has 0 spiro atoms. The van der Waals surface area contributed by atoms with Gasteiger partial charge >= 0.3 is 0 Å². The van der Waals surface area contributed by atoms with Gasteiger partial charge in [0.2, 0.25) is 0 Å². The summed E-state index contributed by atoms with van der Waals surface area (Å²) in [5.41, 5.74) is 2.44. The van der Waals surface area contributed by atoms with Gasteiger partial charge in [0.05, 0.1) is 6.54 Å². The molecular formula is C15H18ClN3S. The van der Waals surface area contributed by atoms with Gasteiger partial charge in [0, 0.05) is 23.5 Å². The van der Waals surface area contributed by atoms with Crippen molar-refractivity contribution in [1.29, 1.82) is 0 Å². The summed E-state index contributed by atoms with van der Waals surface area (Å²) in [6, 6.07) is 9.94. The second-order valence-electron chi connectivity index (χ2n) is 4.44. The average Bonchev–Trinajstić information content (AvgIpc) is 2.85. The molecule has 0 aliphatic carbocycles. The second kappa shape index (κ2) is 7.31. The zero-order chi connectivity index (χ0) is 14.4. The number of halogens is 1. The summed E-state index contributed by atoms with van der Waals surface area (Å²) in [6.45, 7) is 3.61. The van der Waals surface area contributed by atoms with Gasteiger partial charge in [0.1, 0.15) is 0 Å². The number of benzene rings is 1. The zero-order valence-electron chi connectivity index (χ0n) is 11.6. The van der Waals surface area contributed by atoms with Gasteiger partial charge in [-0.1, -0.05) is 23.7 Å². The molecule has 2 rings (SSSR count). The van der Waals surface area contributed by atoms with Crippen LogP contribution in [0.1, 0.15) is 16.0 Å². The fourth-order valence-corrected chi connectivity index (χ4v) is 2.86. The fourth-order valence-electron chi connectivity index (χ4n) is 1.80. The van der Waals surface area contributed by atoms with Crippen molar-refractivity contribution in [2.24, 2.45) is 4.99 Å². The first-order valence-corrected chi connectivity index (χ1v) is 7.66. The van der Waals surface area contributed by atoms with Gasteiger partial charge < -0.3 is 10.6 Å². The van der Waals surface area contributed by atoms with Crippen molar-refractivity contribution in [3.8, 4) is 0 Å². The van der Waals surface area contributed by atoms with E-state index in [1.54, 1.807) is 18.4 Å². The first kappa shape index (κ1) is 14.9. The van der Waals surface area contributed by atoms with E-state index in [-0.39, 0.29) is 0 Å². The maximum absolute atomic E-state index is 5.97. The monoisotopic (exact) mass is 307 g/mol. The lowest BCUT2D eigenvalue weighted by atomic mass is 10.2. The average molecular weight is 308 g/mol. The minimum atomic E-state index is 0.698. The molecule has 5 heteroatoms. The standard InChI is InChI=1S/C15H18ClN3S/c1-11-6-7-20-14(11)10-19-15(17-2)18-9-12-4-3-5-13(16)8-12/h3-8H,9-10H2,1-2H3,(H2,17,18,19). The van der Waals surface area contributed by atoms with E-state index in [0.717, 1.165) is 23.1 Å². The molecule has 2 aromatic rings. The highest BCUT2D eigenvalue weighted by Gasteiger charge is 2.02. The highest BCUT2D eigenvalue weighted by molar-refractivity contribution is 7.10. The van der Waals surface area contributed by atoms with Crippen LogP contribution < -0.4 is 10.6 Å². The Bertz CT molecular complexity index is 592.